The Morgan fingerprint density at radius 2 is 1.72 bits per heavy atom. The second kappa shape index (κ2) is 13.2. The zero-order chi connectivity index (χ0) is 21.7. The summed E-state index contributed by atoms with van der Waals surface area (Å²) < 4.78 is 16.5. The fraction of sp³-hybridized carbons (Fsp3) is 0.652. The summed E-state index contributed by atoms with van der Waals surface area (Å²) in [6.45, 7) is 9.09. The molecule has 0 aliphatic carbocycles. The van der Waals surface area contributed by atoms with Gasteiger partial charge in [-0.15, -0.1) is 0 Å². The van der Waals surface area contributed by atoms with E-state index in [2.05, 4.69) is 19.2 Å². The fourth-order valence-corrected chi connectivity index (χ4v) is 2.88. The summed E-state index contributed by atoms with van der Waals surface area (Å²) >= 11 is 0. The van der Waals surface area contributed by atoms with Crippen LogP contribution in [0.15, 0.2) is 18.2 Å². The van der Waals surface area contributed by atoms with E-state index in [0.29, 0.717) is 36.6 Å². The van der Waals surface area contributed by atoms with Crippen LogP contribution >= 0.6 is 0 Å². The molecule has 0 aliphatic heterocycles. The first kappa shape index (κ1) is 25.0. The van der Waals surface area contributed by atoms with Crippen LogP contribution in [0.5, 0.6) is 5.75 Å². The standard InChI is InChI=1S/C23H37NO5/c1-6-9-11-14-23(4,29-15-8-3)22(26)24-18-12-13-20(28-16-10-7-2)19(17-18)21(25)27-5/h12-13,17H,6-11,14-16H2,1-5H3,(H,24,26)/t23-/m1/s1. The number of carbonyl (C=O) groups excluding carboxylic acids is 2. The fourth-order valence-electron chi connectivity index (χ4n) is 2.88. The van der Waals surface area contributed by atoms with E-state index in [9.17, 15) is 9.59 Å². The maximum atomic E-state index is 13.0. The number of unbranched alkanes of at least 4 members (excludes halogenated alkanes) is 3. The lowest BCUT2D eigenvalue weighted by molar-refractivity contribution is -0.140. The van der Waals surface area contributed by atoms with Gasteiger partial charge in [-0.3, -0.25) is 4.79 Å². The monoisotopic (exact) mass is 407 g/mol. The highest BCUT2D eigenvalue weighted by molar-refractivity contribution is 5.99. The molecule has 1 amide bonds. The molecule has 0 heterocycles. The molecule has 0 bridgehead atoms. The predicted octanol–water partition coefficient (Wildman–Crippen LogP) is 5.36. The number of nitrogens with one attached hydrogen (secondary N) is 1. The van der Waals surface area contributed by atoms with E-state index >= 15 is 0 Å². The molecule has 6 nitrogen and oxygen atoms in total. The van der Waals surface area contributed by atoms with Gasteiger partial charge < -0.3 is 19.5 Å². The smallest absolute Gasteiger partial charge is 0.341 e. The zero-order valence-corrected chi connectivity index (χ0v) is 18.6. The van der Waals surface area contributed by atoms with E-state index in [-0.39, 0.29) is 5.91 Å². The molecule has 0 unspecified atom stereocenters. The van der Waals surface area contributed by atoms with Gasteiger partial charge in [0, 0.05) is 12.3 Å². The second-order valence-electron chi connectivity index (χ2n) is 7.40. The molecule has 0 radical (unpaired) electrons. The molecule has 1 aromatic rings. The number of benzene rings is 1. The average molecular weight is 408 g/mol. The molecular weight excluding hydrogens is 370 g/mol. The maximum absolute atomic E-state index is 13.0. The van der Waals surface area contributed by atoms with Crippen LogP contribution in [0, 0.1) is 0 Å². The van der Waals surface area contributed by atoms with Crippen molar-refractivity contribution in [2.24, 2.45) is 0 Å². The Balaban J connectivity index is 2.99. The molecule has 0 aliphatic rings. The lowest BCUT2D eigenvalue weighted by Crippen LogP contribution is -2.43. The van der Waals surface area contributed by atoms with Gasteiger partial charge in [-0.25, -0.2) is 4.79 Å². The molecule has 29 heavy (non-hydrogen) atoms. The molecule has 0 spiro atoms. The number of carbonyl (C=O) groups is 2. The van der Waals surface area contributed by atoms with E-state index < -0.39 is 11.6 Å². The van der Waals surface area contributed by atoms with Crippen molar-refractivity contribution < 1.29 is 23.8 Å². The number of ether oxygens (including phenoxy) is 3. The summed E-state index contributed by atoms with van der Waals surface area (Å²) in [5, 5.41) is 2.90. The first-order valence-corrected chi connectivity index (χ1v) is 10.7. The Kier molecular flexibility index (Phi) is 11.4. The van der Waals surface area contributed by atoms with Crippen LogP contribution in [-0.2, 0) is 14.3 Å². The lowest BCUT2D eigenvalue weighted by atomic mass is 9.96. The zero-order valence-electron chi connectivity index (χ0n) is 18.6. The van der Waals surface area contributed by atoms with Crippen molar-refractivity contribution in [3.8, 4) is 5.75 Å². The Bertz CT molecular complexity index is 646. The van der Waals surface area contributed by atoms with Crippen molar-refractivity contribution >= 4 is 17.6 Å². The molecule has 6 heteroatoms. The lowest BCUT2D eigenvalue weighted by Gasteiger charge is -2.29. The largest absolute Gasteiger partial charge is 0.493 e. The van der Waals surface area contributed by atoms with Crippen molar-refractivity contribution in [1.29, 1.82) is 0 Å². The number of hydrogen-bond acceptors (Lipinski definition) is 5. The summed E-state index contributed by atoms with van der Waals surface area (Å²) in [6, 6.07) is 5.02. The van der Waals surface area contributed by atoms with Crippen LogP contribution < -0.4 is 10.1 Å². The first-order chi connectivity index (χ1) is 13.9. The van der Waals surface area contributed by atoms with Gasteiger partial charge in [-0.1, -0.05) is 46.5 Å². The summed E-state index contributed by atoms with van der Waals surface area (Å²) in [6.07, 6.45) is 6.42. The van der Waals surface area contributed by atoms with Crippen molar-refractivity contribution in [1.82, 2.24) is 0 Å². The molecule has 1 rings (SSSR count). The van der Waals surface area contributed by atoms with Crippen LogP contribution in [0.25, 0.3) is 0 Å². The molecule has 1 aromatic carbocycles. The van der Waals surface area contributed by atoms with Gasteiger partial charge in [0.2, 0.25) is 0 Å². The number of methoxy groups -OCH3 is 1. The predicted molar refractivity (Wildman–Crippen MR) is 116 cm³/mol. The van der Waals surface area contributed by atoms with Gasteiger partial charge in [0.1, 0.15) is 16.9 Å². The molecule has 1 atom stereocenters. The number of rotatable bonds is 14. The molecule has 1 N–H and O–H groups in total. The normalized spacial score (nSPS) is 12.9. The van der Waals surface area contributed by atoms with Crippen LogP contribution in [0.4, 0.5) is 5.69 Å². The van der Waals surface area contributed by atoms with Gasteiger partial charge in [0.25, 0.3) is 5.91 Å². The minimum absolute atomic E-state index is 0.211. The second-order valence-corrected chi connectivity index (χ2v) is 7.40. The van der Waals surface area contributed by atoms with Crippen LogP contribution in [0.3, 0.4) is 0 Å². The third kappa shape index (κ3) is 8.05. The number of anilines is 1. The van der Waals surface area contributed by atoms with E-state index in [1.165, 1.54) is 7.11 Å². The van der Waals surface area contributed by atoms with Gasteiger partial charge in [0.15, 0.2) is 0 Å². The van der Waals surface area contributed by atoms with E-state index in [0.717, 1.165) is 38.5 Å². The molecule has 0 aromatic heterocycles. The highest BCUT2D eigenvalue weighted by Gasteiger charge is 2.33. The SMILES string of the molecule is CCCCC[C@@](C)(OCCC)C(=O)Nc1ccc(OCCCC)c(C(=O)OC)c1. The number of esters is 1. The molecule has 164 valence electrons. The summed E-state index contributed by atoms with van der Waals surface area (Å²) in [4.78, 5) is 25.2. The Labute approximate surface area is 175 Å². The number of hydrogen-bond donors (Lipinski definition) is 1. The van der Waals surface area contributed by atoms with Crippen molar-refractivity contribution in [3.63, 3.8) is 0 Å². The molecule has 0 saturated heterocycles. The van der Waals surface area contributed by atoms with Gasteiger partial charge in [-0.2, -0.15) is 0 Å². The highest BCUT2D eigenvalue weighted by Crippen LogP contribution is 2.27. The first-order valence-electron chi connectivity index (χ1n) is 10.7. The van der Waals surface area contributed by atoms with Gasteiger partial charge in [-0.05, 0) is 44.4 Å². The molecule has 0 saturated carbocycles. The summed E-state index contributed by atoms with van der Waals surface area (Å²) in [7, 11) is 1.33. The van der Waals surface area contributed by atoms with Crippen molar-refractivity contribution in [2.45, 2.75) is 78.2 Å². The maximum Gasteiger partial charge on any atom is 0.341 e. The highest BCUT2D eigenvalue weighted by atomic mass is 16.5. The topological polar surface area (TPSA) is 73.9 Å². The minimum Gasteiger partial charge on any atom is -0.493 e. The average Bonchev–Trinajstić information content (AvgIpc) is 2.72. The Morgan fingerprint density at radius 1 is 1.00 bits per heavy atom. The third-order valence-electron chi connectivity index (χ3n) is 4.76. The summed E-state index contributed by atoms with van der Waals surface area (Å²) in [5.74, 6) is -0.255. The van der Waals surface area contributed by atoms with E-state index in [4.69, 9.17) is 14.2 Å². The minimum atomic E-state index is -0.910. The number of amides is 1. The van der Waals surface area contributed by atoms with Crippen LogP contribution in [-0.4, -0.2) is 37.8 Å². The van der Waals surface area contributed by atoms with Crippen LogP contribution in [0.2, 0.25) is 0 Å². The van der Waals surface area contributed by atoms with Gasteiger partial charge in [0.05, 0.1) is 13.7 Å². The Morgan fingerprint density at radius 3 is 2.34 bits per heavy atom. The van der Waals surface area contributed by atoms with Gasteiger partial charge >= 0.3 is 5.97 Å². The Hall–Kier alpha value is -2.08. The molecule has 0 fully saturated rings. The van der Waals surface area contributed by atoms with E-state index in [1.807, 2.05) is 13.8 Å². The summed E-state index contributed by atoms with van der Waals surface area (Å²) in [5.41, 5.74) is -0.101. The van der Waals surface area contributed by atoms with Crippen molar-refractivity contribution in [3.05, 3.63) is 23.8 Å². The van der Waals surface area contributed by atoms with Crippen LogP contribution in [0.1, 0.15) is 83.0 Å². The molecular formula is C23H37NO5. The van der Waals surface area contributed by atoms with E-state index in [1.54, 1.807) is 18.2 Å². The van der Waals surface area contributed by atoms with Crippen molar-refractivity contribution in [2.75, 3.05) is 25.6 Å². The quantitative estimate of drug-likeness (QED) is 0.332. The third-order valence-corrected chi connectivity index (χ3v) is 4.76.